The van der Waals surface area contributed by atoms with Crippen LogP contribution in [0.25, 0.3) is 0 Å². The number of rotatable bonds is 7. The summed E-state index contributed by atoms with van der Waals surface area (Å²) in [5.41, 5.74) is 3.51. The van der Waals surface area contributed by atoms with E-state index in [2.05, 4.69) is 6.07 Å². The maximum absolute atomic E-state index is 11.9. The standard InChI is InChI=1S/C19H19NO2S/c1-2-9-22-19(21)18-8-4-7-17(11-18)14-23-13-16-6-3-5-15(10-16)12-20/h3-8,10-11H,2,9,13-14H2,1H3. The molecule has 2 aromatic carbocycles. The molecule has 23 heavy (non-hydrogen) atoms. The molecule has 0 aliphatic rings. The first kappa shape index (κ1) is 17.1. The van der Waals surface area contributed by atoms with Gasteiger partial charge in [0.15, 0.2) is 0 Å². The number of carbonyl (C=O) groups excluding carboxylic acids is 1. The largest absolute Gasteiger partial charge is 0.462 e. The molecule has 0 amide bonds. The molecule has 2 aromatic rings. The van der Waals surface area contributed by atoms with E-state index in [1.165, 1.54) is 0 Å². The fourth-order valence-corrected chi connectivity index (χ4v) is 3.02. The number of esters is 1. The SMILES string of the molecule is CCCOC(=O)c1cccc(CSCc2cccc(C#N)c2)c1. The van der Waals surface area contributed by atoms with Gasteiger partial charge >= 0.3 is 5.97 Å². The van der Waals surface area contributed by atoms with Crippen LogP contribution in [0.5, 0.6) is 0 Å². The molecule has 0 spiro atoms. The first-order valence-electron chi connectivity index (χ1n) is 7.55. The van der Waals surface area contributed by atoms with Gasteiger partial charge in [-0.05, 0) is 41.8 Å². The highest BCUT2D eigenvalue weighted by Gasteiger charge is 2.07. The van der Waals surface area contributed by atoms with Crippen LogP contribution in [0.1, 0.15) is 40.4 Å². The third-order valence-electron chi connectivity index (χ3n) is 3.19. The summed E-state index contributed by atoms with van der Waals surface area (Å²) in [6.07, 6.45) is 0.822. The molecule has 0 unspecified atom stereocenters. The summed E-state index contributed by atoms with van der Waals surface area (Å²) in [6.45, 7) is 2.43. The van der Waals surface area contributed by atoms with Gasteiger partial charge in [0, 0.05) is 11.5 Å². The first-order chi connectivity index (χ1) is 11.2. The second-order valence-electron chi connectivity index (χ2n) is 5.14. The Morgan fingerprint density at radius 2 is 1.83 bits per heavy atom. The van der Waals surface area contributed by atoms with Crippen molar-refractivity contribution in [3.63, 3.8) is 0 Å². The molecule has 0 bridgehead atoms. The average Bonchev–Trinajstić information content (AvgIpc) is 2.60. The monoisotopic (exact) mass is 325 g/mol. The molecule has 0 radical (unpaired) electrons. The number of hydrogen-bond acceptors (Lipinski definition) is 4. The fraction of sp³-hybridized carbons (Fsp3) is 0.263. The van der Waals surface area contributed by atoms with Gasteiger partial charge in [-0.2, -0.15) is 17.0 Å². The third kappa shape index (κ3) is 5.46. The van der Waals surface area contributed by atoms with Crippen molar-refractivity contribution in [2.45, 2.75) is 24.9 Å². The Hall–Kier alpha value is -2.25. The van der Waals surface area contributed by atoms with Crippen molar-refractivity contribution in [2.75, 3.05) is 6.61 Å². The Morgan fingerprint density at radius 1 is 1.13 bits per heavy atom. The third-order valence-corrected chi connectivity index (χ3v) is 4.27. The van der Waals surface area contributed by atoms with Gasteiger partial charge in [0.05, 0.1) is 23.8 Å². The molecule has 3 nitrogen and oxygen atoms in total. The minimum Gasteiger partial charge on any atom is -0.462 e. The minimum absolute atomic E-state index is 0.263. The summed E-state index contributed by atoms with van der Waals surface area (Å²) < 4.78 is 5.16. The summed E-state index contributed by atoms with van der Waals surface area (Å²) >= 11 is 1.76. The van der Waals surface area contributed by atoms with Gasteiger partial charge in [0.25, 0.3) is 0 Å². The van der Waals surface area contributed by atoms with Crippen molar-refractivity contribution in [1.82, 2.24) is 0 Å². The highest BCUT2D eigenvalue weighted by atomic mass is 32.2. The predicted octanol–water partition coefficient (Wildman–Crippen LogP) is 4.56. The van der Waals surface area contributed by atoms with E-state index in [1.807, 2.05) is 43.3 Å². The van der Waals surface area contributed by atoms with Gasteiger partial charge in [-0.3, -0.25) is 0 Å². The van der Waals surface area contributed by atoms with Gasteiger partial charge in [-0.15, -0.1) is 0 Å². The lowest BCUT2D eigenvalue weighted by Crippen LogP contribution is -2.06. The number of ether oxygens (including phenoxy) is 1. The van der Waals surface area contributed by atoms with Crippen LogP contribution < -0.4 is 0 Å². The molecule has 0 saturated heterocycles. The number of benzene rings is 2. The smallest absolute Gasteiger partial charge is 0.338 e. The Kier molecular flexibility index (Phi) is 6.71. The lowest BCUT2D eigenvalue weighted by molar-refractivity contribution is 0.0505. The maximum Gasteiger partial charge on any atom is 0.338 e. The molecule has 0 heterocycles. The van der Waals surface area contributed by atoms with Gasteiger partial charge in [-0.1, -0.05) is 31.2 Å². The van der Waals surface area contributed by atoms with Crippen LogP contribution in [0.4, 0.5) is 0 Å². The van der Waals surface area contributed by atoms with Gasteiger partial charge in [0.1, 0.15) is 0 Å². The number of hydrogen-bond donors (Lipinski definition) is 0. The van der Waals surface area contributed by atoms with E-state index in [4.69, 9.17) is 10.00 Å². The quantitative estimate of drug-likeness (QED) is 0.700. The Labute approximate surface area is 141 Å². The molecule has 0 aromatic heterocycles. The van der Waals surface area contributed by atoms with Crippen molar-refractivity contribution >= 4 is 17.7 Å². The second-order valence-corrected chi connectivity index (χ2v) is 6.13. The summed E-state index contributed by atoms with van der Waals surface area (Å²) in [6, 6.07) is 17.3. The topological polar surface area (TPSA) is 50.1 Å². The molecule has 4 heteroatoms. The fourth-order valence-electron chi connectivity index (χ4n) is 2.08. The molecule has 118 valence electrons. The van der Waals surface area contributed by atoms with E-state index in [0.717, 1.165) is 29.1 Å². The Bertz CT molecular complexity index is 707. The number of carbonyl (C=O) groups is 1. The van der Waals surface area contributed by atoms with Crippen molar-refractivity contribution in [3.05, 3.63) is 70.8 Å². The Balaban J connectivity index is 1.90. The zero-order chi connectivity index (χ0) is 16.5. The van der Waals surface area contributed by atoms with Crippen molar-refractivity contribution in [1.29, 1.82) is 5.26 Å². The summed E-state index contributed by atoms with van der Waals surface area (Å²) in [4.78, 5) is 11.9. The lowest BCUT2D eigenvalue weighted by Gasteiger charge is -2.06. The summed E-state index contributed by atoms with van der Waals surface area (Å²) in [5, 5.41) is 8.91. The van der Waals surface area contributed by atoms with Gasteiger partial charge in [0.2, 0.25) is 0 Å². The van der Waals surface area contributed by atoms with Crippen LogP contribution in [0, 0.1) is 11.3 Å². The van der Waals surface area contributed by atoms with Crippen molar-refractivity contribution in [3.8, 4) is 6.07 Å². The van der Waals surface area contributed by atoms with Crippen LogP contribution in [-0.4, -0.2) is 12.6 Å². The van der Waals surface area contributed by atoms with Crippen LogP contribution >= 0.6 is 11.8 Å². The van der Waals surface area contributed by atoms with Crippen LogP contribution in [0.15, 0.2) is 48.5 Å². The molecule has 0 fully saturated rings. The van der Waals surface area contributed by atoms with E-state index in [-0.39, 0.29) is 5.97 Å². The van der Waals surface area contributed by atoms with E-state index in [9.17, 15) is 4.79 Å². The van der Waals surface area contributed by atoms with Crippen LogP contribution in [-0.2, 0) is 16.2 Å². The molecule has 0 aliphatic heterocycles. The van der Waals surface area contributed by atoms with E-state index in [1.54, 1.807) is 23.9 Å². The number of nitriles is 1. The summed E-state index contributed by atoms with van der Waals surface area (Å²) in [7, 11) is 0. The molecular weight excluding hydrogens is 306 g/mol. The molecule has 0 saturated carbocycles. The van der Waals surface area contributed by atoms with E-state index < -0.39 is 0 Å². The number of nitrogens with zero attached hydrogens (tertiary/aromatic N) is 1. The molecule has 0 atom stereocenters. The molecular formula is C19H19NO2S. The zero-order valence-electron chi connectivity index (χ0n) is 13.1. The van der Waals surface area contributed by atoms with Gasteiger partial charge in [-0.25, -0.2) is 4.79 Å². The number of thioether (sulfide) groups is 1. The Morgan fingerprint density at radius 3 is 2.52 bits per heavy atom. The van der Waals surface area contributed by atoms with E-state index in [0.29, 0.717) is 17.7 Å². The molecule has 0 aliphatic carbocycles. The van der Waals surface area contributed by atoms with Crippen LogP contribution in [0.3, 0.4) is 0 Å². The highest BCUT2D eigenvalue weighted by Crippen LogP contribution is 2.19. The normalized spacial score (nSPS) is 10.1. The molecule has 2 rings (SSSR count). The van der Waals surface area contributed by atoms with Crippen molar-refractivity contribution < 1.29 is 9.53 Å². The summed E-state index contributed by atoms with van der Waals surface area (Å²) in [5.74, 6) is 1.38. The van der Waals surface area contributed by atoms with Crippen LogP contribution in [0.2, 0.25) is 0 Å². The lowest BCUT2D eigenvalue weighted by atomic mass is 10.1. The van der Waals surface area contributed by atoms with E-state index >= 15 is 0 Å². The minimum atomic E-state index is -0.263. The molecule has 0 N–H and O–H groups in total. The average molecular weight is 325 g/mol. The highest BCUT2D eigenvalue weighted by molar-refractivity contribution is 7.97. The van der Waals surface area contributed by atoms with Gasteiger partial charge < -0.3 is 4.74 Å². The first-order valence-corrected chi connectivity index (χ1v) is 8.71. The maximum atomic E-state index is 11.9. The zero-order valence-corrected chi connectivity index (χ0v) is 13.9. The van der Waals surface area contributed by atoms with Crippen molar-refractivity contribution in [2.24, 2.45) is 0 Å². The second kappa shape index (κ2) is 9.02. The predicted molar refractivity (Wildman–Crippen MR) is 93.2 cm³/mol.